The zero-order valence-corrected chi connectivity index (χ0v) is 9.53. The highest BCUT2D eigenvalue weighted by atomic mass is 16.5. The van der Waals surface area contributed by atoms with Crippen molar-refractivity contribution in [1.82, 2.24) is 0 Å². The number of ether oxygens (including phenoxy) is 1. The number of hydrogen-bond donors (Lipinski definition) is 0. The molecule has 3 aliphatic rings. The molecule has 0 unspecified atom stereocenters. The first-order chi connectivity index (χ1) is 7.78. The van der Waals surface area contributed by atoms with Crippen molar-refractivity contribution in [2.45, 2.75) is 37.0 Å². The molecule has 2 bridgehead atoms. The fourth-order valence-electron chi connectivity index (χ4n) is 3.49. The van der Waals surface area contributed by atoms with Crippen LogP contribution in [0.3, 0.4) is 0 Å². The number of methoxy groups -OCH3 is 1. The highest BCUT2D eigenvalue weighted by molar-refractivity contribution is 5.84. The van der Waals surface area contributed by atoms with Gasteiger partial charge in [0.15, 0.2) is 0 Å². The minimum absolute atomic E-state index is 0.0434. The number of fused-ring (bicyclic) bond motifs is 2. The molecule has 1 saturated carbocycles. The minimum atomic E-state index is -0.333. The summed E-state index contributed by atoms with van der Waals surface area (Å²) in [6, 6.07) is 8.39. The Bertz CT molecular complexity index is 428. The summed E-state index contributed by atoms with van der Waals surface area (Å²) >= 11 is 0. The van der Waals surface area contributed by atoms with Crippen molar-refractivity contribution in [3.8, 4) is 0 Å². The smallest absolute Gasteiger partial charge is 0.316 e. The topological polar surface area (TPSA) is 26.3 Å². The minimum Gasteiger partial charge on any atom is -0.468 e. The number of hydrogen-bond acceptors (Lipinski definition) is 2. The Morgan fingerprint density at radius 1 is 1.31 bits per heavy atom. The molecule has 84 valence electrons. The number of carbonyl (C=O) groups excluding carboxylic acids is 1. The van der Waals surface area contributed by atoms with Crippen LogP contribution in [0.2, 0.25) is 0 Å². The molecular weight excluding hydrogens is 200 g/mol. The second-order valence-electron chi connectivity index (χ2n) is 4.94. The summed E-state index contributed by atoms with van der Waals surface area (Å²) in [6.45, 7) is 0. The lowest BCUT2D eigenvalue weighted by molar-refractivity contribution is -0.149. The highest BCUT2D eigenvalue weighted by Crippen LogP contribution is 2.53. The lowest BCUT2D eigenvalue weighted by Gasteiger charge is -2.45. The summed E-state index contributed by atoms with van der Waals surface area (Å²) in [6.07, 6.45) is 4.18. The summed E-state index contributed by atoms with van der Waals surface area (Å²) in [5.41, 5.74) is 2.27. The Kier molecular flexibility index (Phi) is 2.06. The Morgan fingerprint density at radius 2 is 2.00 bits per heavy atom. The molecule has 1 fully saturated rings. The van der Waals surface area contributed by atoms with E-state index in [4.69, 9.17) is 4.74 Å². The van der Waals surface area contributed by atoms with E-state index in [1.165, 1.54) is 18.2 Å². The molecule has 2 heteroatoms. The lowest BCUT2D eigenvalue weighted by atomic mass is 9.58. The first-order valence-corrected chi connectivity index (χ1v) is 5.96. The van der Waals surface area contributed by atoms with Gasteiger partial charge < -0.3 is 4.74 Å². The number of rotatable bonds is 1. The summed E-state index contributed by atoms with van der Waals surface area (Å²) in [5.74, 6) is 0.626. The van der Waals surface area contributed by atoms with Crippen molar-refractivity contribution < 1.29 is 9.53 Å². The van der Waals surface area contributed by atoms with Crippen LogP contribution < -0.4 is 0 Å². The van der Waals surface area contributed by atoms with Crippen LogP contribution in [0.4, 0.5) is 0 Å². The SMILES string of the molecule is COC(=O)C12CCC(CC1)c1ccccc12. The third-order valence-corrected chi connectivity index (χ3v) is 4.33. The van der Waals surface area contributed by atoms with Gasteiger partial charge in [-0.3, -0.25) is 4.79 Å². The first kappa shape index (κ1) is 9.88. The maximum atomic E-state index is 12.1. The fourth-order valence-corrected chi connectivity index (χ4v) is 3.49. The van der Waals surface area contributed by atoms with E-state index in [2.05, 4.69) is 18.2 Å². The standard InChI is InChI=1S/C14H16O2/c1-16-13(15)14-8-6-10(7-9-14)11-4-2-3-5-12(11)14/h2-5,10H,6-9H2,1H3. The zero-order chi connectivity index (χ0) is 11.2. The molecule has 0 amide bonds. The first-order valence-electron chi connectivity index (χ1n) is 5.96. The van der Waals surface area contributed by atoms with Crippen LogP contribution >= 0.6 is 0 Å². The van der Waals surface area contributed by atoms with Gasteiger partial charge >= 0.3 is 5.97 Å². The monoisotopic (exact) mass is 216 g/mol. The maximum absolute atomic E-state index is 12.1. The van der Waals surface area contributed by atoms with Crippen LogP contribution in [0, 0.1) is 0 Å². The molecule has 1 aromatic rings. The van der Waals surface area contributed by atoms with Crippen molar-refractivity contribution in [2.75, 3.05) is 7.11 Å². The van der Waals surface area contributed by atoms with Gasteiger partial charge in [0.25, 0.3) is 0 Å². The molecule has 0 spiro atoms. The second kappa shape index (κ2) is 3.34. The molecule has 0 N–H and O–H groups in total. The van der Waals surface area contributed by atoms with Gasteiger partial charge in [-0.15, -0.1) is 0 Å². The number of esters is 1. The molecule has 1 aromatic carbocycles. The fraction of sp³-hybridized carbons (Fsp3) is 0.500. The summed E-state index contributed by atoms with van der Waals surface area (Å²) < 4.78 is 5.03. The van der Waals surface area contributed by atoms with Crippen molar-refractivity contribution in [2.24, 2.45) is 0 Å². The quantitative estimate of drug-likeness (QED) is 0.675. The third kappa shape index (κ3) is 1.10. The van der Waals surface area contributed by atoms with E-state index in [0.717, 1.165) is 25.7 Å². The Labute approximate surface area is 95.6 Å². The predicted octanol–water partition coefficient (Wildman–Crippen LogP) is 2.77. The average molecular weight is 216 g/mol. The molecule has 0 aromatic heterocycles. The van der Waals surface area contributed by atoms with E-state index >= 15 is 0 Å². The zero-order valence-electron chi connectivity index (χ0n) is 9.53. The van der Waals surface area contributed by atoms with Gasteiger partial charge in [0.05, 0.1) is 12.5 Å². The molecule has 0 radical (unpaired) electrons. The maximum Gasteiger partial charge on any atom is 0.316 e. The molecule has 0 saturated heterocycles. The van der Waals surface area contributed by atoms with E-state index in [1.807, 2.05) is 6.07 Å². The van der Waals surface area contributed by atoms with Crippen molar-refractivity contribution in [3.63, 3.8) is 0 Å². The van der Waals surface area contributed by atoms with Crippen LogP contribution in [0.25, 0.3) is 0 Å². The average Bonchev–Trinajstić information content (AvgIpc) is 2.39. The van der Waals surface area contributed by atoms with Crippen molar-refractivity contribution in [1.29, 1.82) is 0 Å². The van der Waals surface area contributed by atoms with Gasteiger partial charge in [-0.25, -0.2) is 0 Å². The van der Waals surface area contributed by atoms with Gasteiger partial charge in [-0.05, 0) is 42.7 Å². The molecule has 3 aliphatic carbocycles. The van der Waals surface area contributed by atoms with E-state index < -0.39 is 0 Å². The van der Waals surface area contributed by atoms with Gasteiger partial charge in [-0.1, -0.05) is 24.3 Å². The van der Waals surface area contributed by atoms with E-state index in [1.54, 1.807) is 0 Å². The van der Waals surface area contributed by atoms with Crippen LogP contribution in [0.15, 0.2) is 24.3 Å². The van der Waals surface area contributed by atoms with Crippen LogP contribution in [0.1, 0.15) is 42.7 Å². The number of carbonyl (C=O) groups is 1. The molecule has 0 aliphatic heterocycles. The summed E-state index contributed by atoms with van der Waals surface area (Å²) in [4.78, 5) is 12.1. The summed E-state index contributed by atoms with van der Waals surface area (Å²) in [5, 5.41) is 0. The third-order valence-electron chi connectivity index (χ3n) is 4.33. The molecule has 2 nitrogen and oxygen atoms in total. The van der Waals surface area contributed by atoms with Crippen LogP contribution in [0.5, 0.6) is 0 Å². The highest BCUT2D eigenvalue weighted by Gasteiger charge is 2.50. The Balaban J connectivity index is 2.18. The number of benzene rings is 1. The van der Waals surface area contributed by atoms with Crippen molar-refractivity contribution in [3.05, 3.63) is 35.4 Å². The second-order valence-corrected chi connectivity index (χ2v) is 4.94. The van der Waals surface area contributed by atoms with Gasteiger partial charge in [0, 0.05) is 0 Å². The van der Waals surface area contributed by atoms with Gasteiger partial charge in [0.2, 0.25) is 0 Å². The van der Waals surface area contributed by atoms with E-state index in [9.17, 15) is 4.79 Å². The lowest BCUT2D eigenvalue weighted by Crippen LogP contribution is -2.44. The molecule has 4 rings (SSSR count). The van der Waals surface area contributed by atoms with E-state index in [-0.39, 0.29) is 11.4 Å². The Morgan fingerprint density at radius 3 is 2.69 bits per heavy atom. The molecular formula is C14H16O2. The molecule has 0 atom stereocenters. The van der Waals surface area contributed by atoms with Gasteiger partial charge in [0.1, 0.15) is 0 Å². The van der Waals surface area contributed by atoms with Crippen LogP contribution in [-0.2, 0) is 14.9 Å². The van der Waals surface area contributed by atoms with Gasteiger partial charge in [-0.2, -0.15) is 0 Å². The molecule has 16 heavy (non-hydrogen) atoms. The summed E-state index contributed by atoms with van der Waals surface area (Å²) in [7, 11) is 1.50. The van der Waals surface area contributed by atoms with Crippen LogP contribution in [-0.4, -0.2) is 13.1 Å². The molecule has 0 heterocycles. The Hall–Kier alpha value is -1.31. The van der Waals surface area contributed by atoms with Crippen molar-refractivity contribution >= 4 is 5.97 Å². The normalized spacial score (nSPS) is 30.9. The predicted molar refractivity (Wildman–Crippen MR) is 61.3 cm³/mol. The largest absolute Gasteiger partial charge is 0.468 e. The van der Waals surface area contributed by atoms with E-state index in [0.29, 0.717) is 5.92 Å².